The van der Waals surface area contributed by atoms with Crippen LogP contribution in [-0.2, 0) is 23.1 Å². The molecule has 0 aromatic carbocycles. The van der Waals surface area contributed by atoms with Crippen LogP contribution in [0.25, 0.3) is 0 Å². The minimum Gasteiger partial charge on any atom is -0.317 e. The van der Waals surface area contributed by atoms with E-state index in [9.17, 15) is 8.42 Å². The quantitative estimate of drug-likeness (QED) is 0.681. The van der Waals surface area contributed by atoms with Gasteiger partial charge in [-0.3, -0.25) is 0 Å². The fraction of sp³-hybridized carbons (Fsp3) is 0.800. The van der Waals surface area contributed by atoms with Gasteiger partial charge in [-0.25, -0.2) is 13.1 Å². The largest absolute Gasteiger partial charge is 0.317 e. The van der Waals surface area contributed by atoms with E-state index in [0.29, 0.717) is 12.4 Å². The number of aromatic nitrogens is 3. The molecule has 8 heteroatoms. The fourth-order valence-corrected chi connectivity index (χ4v) is 2.29. The Hall–Kier alpha value is -0.990. The van der Waals surface area contributed by atoms with Crippen molar-refractivity contribution in [2.24, 2.45) is 0 Å². The van der Waals surface area contributed by atoms with Gasteiger partial charge in [0.1, 0.15) is 12.2 Å². The Morgan fingerprint density at radius 3 is 2.78 bits per heavy atom. The average molecular weight is 275 g/mol. The molecule has 1 aromatic heterocycles. The van der Waals surface area contributed by atoms with Crippen molar-refractivity contribution in [3.63, 3.8) is 0 Å². The molecule has 18 heavy (non-hydrogen) atoms. The molecule has 0 aliphatic carbocycles. The lowest BCUT2D eigenvalue weighted by Crippen LogP contribution is -2.34. The van der Waals surface area contributed by atoms with Gasteiger partial charge in [-0.05, 0) is 6.92 Å². The van der Waals surface area contributed by atoms with Gasteiger partial charge in [-0.15, -0.1) is 10.2 Å². The molecular formula is C10H21N5O2S. The average Bonchev–Trinajstić information content (AvgIpc) is 2.73. The number of rotatable bonds is 8. The van der Waals surface area contributed by atoms with Gasteiger partial charge in [-0.2, -0.15) is 0 Å². The Kier molecular flexibility index (Phi) is 5.70. The monoisotopic (exact) mass is 275 g/mol. The summed E-state index contributed by atoms with van der Waals surface area (Å²) in [5.41, 5.74) is 0. The molecule has 2 N–H and O–H groups in total. The van der Waals surface area contributed by atoms with Gasteiger partial charge < -0.3 is 9.88 Å². The smallest absolute Gasteiger partial charge is 0.213 e. The Labute approximate surface area is 108 Å². The predicted molar refractivity (Wildman–Crippen MR) is 69.5 cm³/mol. The Bertz CT molecular complexity index is 455. The first-order valence-electron chi connectivity index (χ1n) is 6.02. The van der Waals surface area contributed by atoms with Gasteiger partial charge in [-0.1, -0.05) is 13.8 Å². The summed E-state index contributed by atoms with van der Waals surface area (Å²) in [6.07, 6.45) is 1.59. The summed E-state index contributed by atoms with van der Waals surface area (Å²) in [7, 11) is -3.27. The summed E-state index contributed by atoms with van der Waals surface area (Å²) >= 11 is 0. The highest BCUT2D eigenvalue weighted by Gasteiger charge is 2.12. The molecule has 0 amide bonds. The molecule has 0 bridgehead atoms. The first-order valence-corrected chi connectivity index (χ1v) is 7.67. The number of hydrogen-bond acceptors (Lipinski definition) is 5. The molecule has 0 spiro atoms. The van der Waals surface area contributed by atoms with Crippen LogP contribution in [0.3, 0.4) is 0 Å². The van der Waals surface area contributed by atoms with Crippen molar-refractivity contribution in [3.8, 4) is 0 Å². The maximum atomic E-state index is 11.7. The van der Waals surface area contributed by atoms with Crippen LogP contribution in [-0.4, -0.2) is 41.5 Å². The van der Waals surface area contributed by atoms with E-state index in [-0.39, 0.29) is 18.3 Å². The summed E-state index contributed by atoms with van der Waals surface area (Å²) in [5.74, 6) is 0.684. The molecule has 0 saturated heterocycles. The lowest BCUT2D eigenvalue weighted by atomic mass is 10.4. The molecule has 0 saturated carbocycles. The molecule has 104 valence electrons. The van der Waals surface area contributed by atoms with Crippen LogP contribution >= 0.6 is 0 Å². The SMILES string of the molecule is CCn1cnnc1CNS(=O)(=O)CCNC(C)C. The van der Waals surface area contributed by atoms with Crippen LogP contribution in [0.1, 0.15) is 26.6 Å². The standard InChI is InChI=1S/C10H21N5O2S/c1-4-15-8-12-14-10(15)7-13-18(16,17)6-5-11-9(2)3/h8-9,11,13H,4-7H2,1-3H3. The van der Waals surface area contributed by atoms with Crippen LogP contribution in [0, 0.1) is 0 Å². The normalized spacial score (nSPS) is 12.2. The van der Waals surface area contributed by atoms with Crippen LogP contribution in [0.15, 0.2) is 6.33 Å². The van der Waals surface area contributed by atoms with E-state index >= 15 is 0 Å². The third-order valence-corrected chi connectivity index (χ3v) is 3.74. The van der Waals surface area contributed by atoms with Crippen molar-refractivity contribution in [1.82, 2.24) is 24.8 Å². The summed E-state index contributed by atoms with van der Waals surface area (Å²) in [6.45, 7) is 7.24. The Balaban J connectivity index is 2.42. The Morgan fingerprint density at radius 1 is 1.44 bits per heavy atom. The minimum atomic E-state index is -3.27. The van der Waals surface area contributed by atoms with Gasteiger partial charge >= 0.3 is 0 Å². The summed E-state index contributed by atoms with van der Waals surface area (Å²) < 4.78 is 27.7. The van der Waals surface area contributed by atoms with Gasteiger partial charge in [0, 0.05) is 19.1 Å². The molecule has 0 aliphatic rings. The number of aryl methyl sites for hydroxylation is 1. The van der Waals surface area contributed by atoms with Crippen LogP contribution < -0.4 is 10.0 Å². The first kappa shape index (κ1) is 15.1. The second-order valence-electron chi connectivity index (χ2n) is 4.28. The zero-order valence-corrected chi connectivity index (χ0v) is 11.9. The zero-order valence-electron chi connectivity index (χ0n) is 11.0. The number of hydrogen-bond donors (Lipinski definition) is 2. The fourth-order valence-electron chi connectivity index (χ4n) is 1.41. The molecule has 0 atom stereocenters. The van der Waals surface area contributed by atoms with Crippen molar-refractivity contribution >= 4 is 10.0 Å². The molecule has 1 rings (SSSR count). The topological polar surface area (TPSA) is 88.9 Å². The van der Waals surface area contributed by atoms with Gasteiger partial charge in [0.15, 0.2) is 0 Å². The second-order valence-corrected chi connectivity index (χ2v) is 6.21. The molecule has 7 nitrogen and oxygen atoms in total. The third-order valence-electron chi connectivity index (χ3n) is 2.41. The van der Waals surface area contributed by atoms with Gasteiger partial charge in [0.2, 0.25) is 10.0 Å². The maximum Gasteiger partial charge on any atom is 0.213 e. The van der Waals surface area contributed by atoms with Crippen molar-refractivity contribution < 1.29 is 8.42 Å². The number of nitrogens with one attached hydrogen (secondary N) is 2. The molecule has 1 aromatic rings. The summed E-state index contributed by atoms with van der Waals surface area (Å²) in [5, 5.41) is 10.7. The lowest BCUT2D eigenvalue weighted by molar-refractivity contribution is 0.562. The number of nitrogens with zero attached hydrogens (tertiary/aromatic N) is 3. The number of sulfonamides is 1. The van der Waals surface area contributed by atoms with E-state index in [1.54, 1.807) is 10.9 Å². The molecule has 0 fully saturated rings. The lowest BCUT2D eigenvalue weighted by Gasteiger charge is -2.09. The minimum absolute atomic E-state index is 0.0610. The molecule has 1 heterocycles. The highest BCUT2D eigenvalue weighted by molar-refractivity contribution is 7.89. The predicted octanol–water partition coefficient (Wildman–Crippen LogP) is -0.285. The van der Waals surface area contributed by atoms with Crippen molar-refractivity contribution in [3.05, 3.63) is 12.2 Å². The van der Waals surface area contributed by atoms with E-state index in [0.717, 1.165) is 6.54 Å². The van der Waals surface area contributed by atoms with Gasteiger partial charge in [0.05, 0.1) is 12.3 Å². The molecular weight excluding hydrogens is 254 g/mol. The van der Waals surface area contributed by atoms with Crippen LogP contribution in [0.4, 0.5) is 0 Å². The van der Waals surface area contributed by atoms with Crippen LogP contribution in [0.5, 0.6) is 0 Å². The third kappa shape index (κ3) is 5.11. The molecule has 0 unspecified atom stereocenters. The second kappa shape index (κ2) is 6.81. The Morgan fingerprint density at radius 2 is 2.17 bits per heavy atom. The van der Waals surface area contributed by atoms with Crippen molar-refractivity contribution in [1.29, 1.82) is 0 Å². The highest BCUT2D eigenvalue weighted by atomic mass is 32.2. The van der Waals surface area contributed by atoms with E-state index in [4.69, 9.17) is 0 Å². The highest BCUT2D eigenvalue weighted by Crippen LogP contribution is 1.96. The summed E-state index contributed by atoms with van der Waals surface area (Å²) in [4.78, 5) is 0. The zero-order chi connectivity index (χ0) is 13.6. The van der Waals surface area contributed by atoms with Crippen LogP contribution in [0.2, 0.25) is 0 Å². The van der Waals surface area contributed by atoms with E-state index in [2.05, 4.69) is 20.2 Å². The van der Waals surface area contributed by atoms with E-state index in [1.165, 1.54) is 0 Å². The van der Waals surface area contributed by atoms with Gasteiger partial charge in [0.25, 0.3) is 0 Å². The molecule has 0 aliphatic heterocycles. The first-order chi connectivity index (χ1) is 8.44. The summed E-state index contributed by atoms with van der Waals surface area (Å²) in [6, 6.07) is 0.281. The van der Waals surface area contributed by atoms with E-state index < -0.39 is 10.0 Å². The van der Waals surface area contributed by atoms with Crippen molar-refractivity contribution in [2.75, 3.05) is 12.3 Å². The van der Waals surface area contributed by atoms with Crippen molar-refractivity contribution in [2.45, 2.75) is 39.9 Å². The molecule has 0 radical (unpaired) electrons. The van der Waals surface area contributed by atoms with E-state index in [1.807, 2.05) is 20.8 Å². The maximum absolute atomic E-state index is 11.7.